The highest BCUT2D eigenvalue weighted by Gasteiger charge is 2.10. The number of hydrogen-bond donors (Lipinski definition) is 1. The number of ether oxygens (including phenoxy) is 1. The minimum absolute atomic E-state index is 0.536. The molecule has 1 aromatic carbocycles. The molecule has 3 aromatic rings. The van der Waals surface area contributed by atoms with Crippen molar-refractivity contribution in [2.24, 2.45) is 0 Å². The maximum Gasteiger partial charge on any atom is 0.160 e. The van der Waals surface area contributed by atoms with Crippen LogP contribution in [0.4, 0.5) is 5.82 Å². The fourth-order valence-electron chi connectivity index (χ4n) is 2.25. The smallest absolute Gasteiger partial charge is 0.160 e. The van der Waals surface area contributed by atoms with Gasteiger partial charge < -0.3 is 10.5 Å². The first-order valence-electron chi connectivity index (χ1n) is 6.33. The van der Waals surface area contributed by atoms with Crippen molar-refractivity contribution in [3.8, 4) is 5.75 Å². The van der Waals surface area contributed by atoms with Gasteiger partial charge in [-0.2, -0.15) is 5.10 Å². The van der Waals surface area contributed by atoms with E-state index < -0.39 is 0 Å². The van der Waals surface area contributed by atoms with Gasteiger partial charge in [0.05, 0.1) is 18.0 Å². The van der Waals surface area contributed by atoms with Gasteiger partial charge in [-0.05, 0) is 24.6 Å². The van der Waals surface area contributed by atoms with E-state index >= 15 is 0 Å². The minimum Gasteiger partial charge on any atom is -0.497 e. The van der Waals surface area contributed by atoms with E-state index in [1.54, 1.807) is 7.11 Å². The number of benzene rings is 1. The average Bonchev–Trinajstić information content (AvgIpc) is 2.73. The third kappa shape index (κ3) is 1.87. The number of pyridine rings is 1. The Balaban J connectivity index is 2.30. The van der Waals surface area contributed by atoms with Crippen LogP contribution in [0.2, 0.25) is 0 Å². The highest BCUT2D eigenvalue weighted by molar-refractivity contribution is 5.96. The van der Waals surface area contributed by atoms with Gasteiger partial charge in [0.25, 0.3) is 0 Å². The summed E-state index contributed by atoms with van der Waals surface area (Å²) in [4.78, 5) is 4.67. The van der Waals surface area contributed by atoms with Crippen molar-refractivity contribution in [2.75, 3.05) is 12.8 Å². The molecule has 0 aliphatic carbocycles. The van der Waals surface area contributed by atoms with E-state index in [1.807, 2.05) is 28.9 Å². The Hall–Kier alpha value is -2.30. The predicted octanol–water partition coefficient (Wildman–Crippen LogP) is 2.59. The molecule has 0 aliphatic heterocycles. The normalized spacial score (nSPS) is 11.3. The van der Waals surface area contributed by atoms with E-state index in [0.29, 0.717) is 5.82 Å². The maximum absolute atomic E-state index is 5.96. The molecule has 5 heteroatoms. The SMILES string of the molecule is CCCn1nc(N)c2cc3ccc(OC)cc3nc21. The molecule has 0 atom stereocenters. The lowest BCUT2D eigenvalue weighted by Crippen LogP contribution is -2.00. The maximum atomic E-state index is 5.96. The number of aromatic nitrogens is 3. The average molecular weight is 256 g/mol. The number of nitrogens with zero attached hydrogens (tertiary/aromatic N) is 3. The second-order valence-electron chi connectivity index (χ2n) is 4.53. The van der Waals surface area contributed by atoms with Crippen molar-refractivity contribution >= 4 is 27.8 Å². The molecule has 0 amide bonds. The molecular weight excluding hydrogens is 240 g/mol. The van der Waals surface area contributed by atoms with Crippen molar-refractivity contribution in [1.82, 2.24) is 14.8 Å². The molecule has 0 spiro atoms. The highest BCUT2D eigenvalue weighted by Crippen LogP contribution is 2.26. The lowest BCUT2D eigenvalue weighted by molar-refractivity contribution is 0.415. The molecule has 0 fully saturated rings. The third-order valence-electron chi connectivity index (χ3n) is 3.19. The van der Waals surface area contributed by atoms with Crippen LogP contribution in [0, 0.1) is 0 Å². The molecule has 2 heterocycles. The number of rotatable bonds is 3. The van der Waals surface area contributed by atoms with E-state index in [0.717, 1.165) is 40.7 Å². The van der Waals surface area contributed by atoms with Crippen LogP contribution in [0.15, 0.2) is 24.3 Å². The first-order chi connectivity index (χ1) is 9.22. The molecular formula is C14H16N4O. The molecule has 0 saturated heterocycles. The second kappa shape index (κ2) is 4.42. The molecule has 0 bridgehead atoms. The van der Waals surface area contributed by atoms with E-state index in [9.17, 15) is 0 Å². The van der Waals surface area contributed by atoms with Gasteiger partial charge in [-0.15, -0.1) is 0 Å². The second-order valence-corrected chi connectivity index (χ2v) is 4.53. The van der Waals surface area contributed by atoms with Crippen LogP contribution in [0.5, 0.6) is 5.75 Å². The Morgan fingerprint density at radius 3 is 2.89 bits per heavy atom. The number of nitrogen functional groups attached to an aromatic ring is 1. The molecule has 0 radical (unpaired) electrons. The number of anilines is 1. The fourth-order valence-corrected chi connectivity index (χ4v) is 2.25. The van der Waals surface area contributed by atoms with Crippen LogP contribution in [0.3, 0.4) is 0 Å². The highest BCUT2D eigenvalue weighted by atomic mass is 16.5. The molecule has 0 unspecified atom stereocenters. The monoisotopic (exact) mass is 256 g/mol. The summed E-state index contributed by atoms with van der Waals surface area (Å²) < 4.78 is 7.09. The Kier molecular flexibility index (Phi) is 2.74. The molecule has 2 aromatic heterocycles. The zero-order valence-corrected chi connectivity index (χ0v) is 11.1. The van der Waals surface area contributed by atoms with Crippen molar-refractivity contribution in [1.29, 1.82) is 0 Å². The number of aryl methyl sites for hydroxylation is 1. The van der Waals surface area contributed by atoms with Gasteiger partial charge in [0.15, 0.2) is 11.5 Å². The quantitative estimate of drug-likeness (QED) is 0.782. The van der Waals surface area contributed by atoms with Crippen LogP contribution in [-0.4, -0.2) is 21.9 Å². The van der Waals surface area contributed by atoms with Crippen molar-refractivity contribution < 1.29 is 4.74 Å². The summed E-state index contributed by atoms with van der Waals surface area (Å²) in [7, 11) is 1.65. The van der Waals surface area contributed by atoms with Gasteiger partial charge in [-0.1, -0.05) is 6.92 Å². The molecule has 98 valence electrons. The molecule has 5 nitrogen and oxygen atoms in total. The lowest BCUT2D eigenvalue weighted by atomic mass is 10.2. The Morgan fingerprint density at radius 1 is 1.32 bits per heavy atom. The Morgan fingerprint density at radius 2 is 2.16 bits per heavy atom. The zero-order chi connectivity index (χ0) is 13.4. The summed E-state index contributed by atoms with van der Waals surface area (Å²) in [6, 6.07) is 7.86. The Bertz CT molecular complexity index is 748. The number of methoxy groups -OCH3 is 1. The fraction of sp³-hybridized carbons (Fsp3) is 0.286. The predicted molar refractivity (Wildman–Crippen MR) is 76.3 cm³/mol. The molecule has 3 rings (SSSR count). The first-order valence-corrected chi connectivity index (χ1v) is 6.33. The van der Waals surface area contributed by atoms with E-state index in [4.69, 9.17) is 10.5 Å². The summed E-state index contributed by atoms with van der Waals surface area (Å²) in [5.74, 6) is 1.34. The van der Waals surface area contributed by atoms with E-state index in [-0.39, 0.29) is 0 Å². The van der Waals surface area contributed by atoms with Gasteiger partial charge in [-0.3, -0.25) is 0 Å². The summed E-state index contributed by atoms with van der Waals surface area (Å²) in [5, 5.41) is 6.29. The van der Waals surface area contributed by atoms with Crippen LogP contribution < -0.4 is 10.5 Å². The summed E-state index contributed by atoms with van der Waals surface area (Å²) >= 11 is 0. The largest absolute Gasteiger partial charge is 0.497 e. The topological polar surface area (TPSA) is 66.0 Å². The van der Waals surface area contributed by atoms with Gasteiger partial charge in [0, 0.05) is 18.0 Å². The van der Waals surface area contributed by atoms with Gasteiger partial charge in [0.1, 0.15) is 5.75 Å². The van der Waals surface area contributed by atoms with Crippen LogP contribution in [-0.2, 0) is 6.54 Å². The van der Waals surface area contributed by atoms with Crippen molar-refractivity contribution in [2.45, 2.75) is 19.9 Å². The minimum atomic E-state index is 0.536. The molecule has 0 aliphatic rings. The molecule has 2 N–H and O–H groups in total. The van der Waals surface area contributed by atoms with Crippen LogP contribution >= 0.6 is 0 Å². The van der Waals surface area contributed by atoms with Crippen LogP contribution in [0.25, 0.3) is 21.9 Å². The van der Waals surface area contributed by atoms with Crippen molar-refractivity contribution in [3.63, 3.8) is 0 Å². The number of fused-ring (bicyclic) bond motifs is 2. The van der Waals surface area contributed by atoms with E-state index in [1.165, 1.54) is 0 Å². The van der Waals surface area contributed by atoms with Gasteiger partial charge in [0.2, 0.25) is 0 Å². The van der Waals surface area contributed by atoms with Gasteiger partial charge >= 0.3 is 0 Å². The van der Waals surface area contributed by atoms with Crippen molar-refractivity contribution in [3.05, 3.63) is 24.3 Å². The third-order valence-corrected chi connectivity index (χ3v) is 3.19. The molecule has 19 heavy (non-hydrogen) atoms. The first kappa shape index (κ1) is 11.8. The van der Waals surface area contributed by atoms with Crippen LogP contribution in [0.1, 0.15) is 13.3 Å². The van der Waals surface area contributed by atoms with E-state index in [2.05, 4.69) is 17.0 Å². The summed E-state index contributed by atoms with van der Waals surface area (Å²) in [6.07, 6.45) is 0.994. The summed E-state index contributed by atoms with van der Waals surface area (Å²) in [5.41, 5.74) is 7.68. The molecule has 0 saturated carbocycles. The standard InChI is InChI=1S/C14H16N4O/c1-3-6-18-14-11(13(15)17-18)7-9-4-5-10(19-2)8-12(9)16-14/h4-5,7-8H,3,6H2,1-2H3,(H2,15,17). The summed E-state index contributed by atoms with van der Waals surface area (Å²) in [6.45, 7) is 2.92. The number of hydrogen-bond acceptors (Lipinski definition) is 4. The Labute approximate surface area is 111 Å². The number of nitrogens with two attached hydrogens (primary N) is 1. The lowest BCUT2D eigenvalue weighted by Gasteiger charge is -2.04. The zero-order valence-electron chi connectivity index (χ0n) is 11.1. The van der Waals surface area contributed by atoms with Gasteiger partial charge in [-0.25, -0.2) is 9.67 Å².